The van der Waals surface area contributed by atoms with Crippen molar-refractivity contribution in [3.63, 3.8) is 0 Å². The van der Waals surface area contributed by atoms with Gasteiger partial charge in [-0.2, -0.15) is 0 Å². The Balaban J connectivity index is 0.815. The van der Waals surface area contributed by atoms with Crippen molar-refractivity contribution < 1.29 is 77.1 Å². The van der Waals surface area contributed by atoms with Crippen LogP contribution in [-0.4, -0.2) is 163 Å². The van der Waals surface area contributed by atoms with Gasteiger partial charge in [-0.1, -0.05) is 60.7 Å². The third-order valence-electron chi connectivity index (χ3n) is 15.7. The number of morpholine rings is 1. The van der Waals surface area contributed by atoms with Crippen molar-refractivity contribution in [3.8, 4) is 28.4 Å². The fourth-order valence-corrected chi connectivity index (χ4v) is 12.3. The Labute approximate surface area is 407 Å². The van der Waals surface area contributed by atoms with Crippen molar-refractivity contribution in [1.29, 1.82) is 0 Å². The number of hydrogen-bond donors (Lipinski definition) is 4. The Kier molecular flexibility index (Phi) is 11.3. The molecule has 12 rings (SSSR count). The molecular formula is C52H53N3O16. The molecule has 4 aromatic carbocycles. The van der Waals surface area contributed by atoms with Gasteiger partial charge in [0.25, 0.3) is 5.91 Å². The van der Waals surface area contributed by atoms with Gasteiger partial charge in [-0.3, -0.25) is 19.3 Å². The van der Waals surface area contributed by atoms with Crippen LogP contribution in [0.1, 0.15) is 86.1 Å². The molecule has 71 heavy (non-hydrogen) atoms. The zero-order valence-electron chi connectivity index (χ0n) is 39.3. The first-order valence-electron chi connectivity index (χ1n) is 23.9. The molecule has 5 heterocycles. The fourth-order valence-electron chi connectivity index (χ4n) is 12.3. The Morgan fingerprint density at radius 2 is 1.54 bits per heavy atom. The average Bonchev–Trinajstić information content (AvgIpc) is 4.16. The number of phenolic OH excluding ortho intramolecular Hbond substituents is 2. The van der Waals surface area contributed by atoms with Crippen LogP contribution in [0.25, 0.3) is 11.1 Å². The highest BCUT2D eigenvalue weighted by Crippen LogP contribution is 2.53. The number of likely N-dealkylation sites (N-methyl/N-ethyl adjacent to an activating group) is 1. The number of aliphatic hydroxyl groups is 1. The summed E-state index contributed by atoms with van der Waals surface area (Å²) >= 11 is 0. The number of nitrogens with zero attached hydrogens (tertiary/aromatic N) is 2. The number of methoxy groups -OCH3 is 2. The lowest BCUT2D eigenvalue weighted by Gasteiger charge is -2.43. The number of carbonyl (C=O) groups is 4. The number of aromatic hydroxyl groups is 2. The van der Waals surface area contributed by atoms with Crippen LogP contribution in [0.4, 0.5) is 4.79 Å². The first kappa shape index (κ1) is 46.1. The van der Waals surface area contributed by atoms with Gasteiger partial charge < -0.3 is 68.2 Å². The van der Waals surface area contributed by atoms with Crippen LogP contribution in [-0.2, 0) is 49.1 Å². The van der Waals surface area contributed by atoms with Crippen LogP contribution >= 0.6 is 0 Å². The third-order valence-corrected chi connectivity index (χ3v) is 15.7. The lowest BCUT2D eigenvalue weighted by atomic mass is 9.72. The van der Waals surface area contributed by atoms with Crippen LogP contribution in [0.15, 0.2) is 66.7 Å². The maximum absolute atomic E-state index is 14.7. The lowest BCUT2D eigenvalue weighted by Crippen LogP contribution is -2.57. The molecule has 2 amide bonds. The second-order valence-corrected chi connectivity index (χ2v) is 19.5. The number of benzene rings is 4. The van der Waals surface area contributed by atoms with Gasteiger partial charge in [-0.15, -0.1) is 0 Å². The molecule has 5 aliphatic heterocycles. The molecule has 4 aromatic rings. The molecule has 12 atom stereocenters. The summed E-state index contributed by atoms with van der Waals surface area (Å²) in [5.74, 6) is -3.63. The standard InChI is InChI=1S/C52H53N3O16/c1-23-44-31(55-16-17-65-49(64-4)48(55)70-44)18-35(68-23)69-34-20-52(62,19-29-37(34)43(59)39-38(41(29)57)40(56)28-14-9-15-33(63-3)36(28)42(39)58)50(60)53-30-21-66-47-32(22-67-46(30)47)54(2)51(61)71-45-26-12-7-5-10-24(26)25-11-6-8-13-27(25)45/h5-15,23,30-32,34-35,44-49,57,59,62H,16-22H2,1-4H3,(H,53,60)/t23-,30-,31-,32-,34-,35-,44+,46+,47+,48+,49-,52-/m0/s1. The van der Waals surface area contributed by atoms with Crippen LogP contribution in [0, 0.1) is 0 Å². The zero-order chi connectivity index (χ0) is 49.2. The monoisotopic (exact) mass is 975 g/mol. The molecule has 0 spiro atoms. The van der Waals surface area contributed by atoms with Gasteiger partial charge in [0.1, 0.15) is 41.2 Å². The molecule has 372 valence electrons. The number of ether oxygens (including phenoxy) is 9. The van der Waals surface area contributed by atoms with E-state index in [4.69, 9.17) is 42.6 Å². The summed E-state index contributed by atoms with van der Waals surface area (Å²) in [6.45, 7) is 2.82. The Bertz CT molecular complexity index is 2830. The summed E-state index contributed by atoms with van der Waals surface area (Å²) in [6, 6.07) is 18.4. The maximum Gasteiger partial charge on any atom is 0.410 e. The number of hydrogen-bond acceptors (Lipinski definition) is 17. The van der Waals surface area contributed by atoms with Gasteiger partial charge in [0.15, 0.2) is 30.7 Å². The first-order valence-corrected chi connectivity index (χ1v) is 23.9. The number of rotatable bonds is 8. The minimum Gasteiger partial charge on any atom is -0.507 e. The molecule has 0 saturated carbocycles. The molecule has 19 nitrogen and oxygen atoms in total. The number of phenols is 2. The van der Waals surface area contributed by atoms with Crippen molar-refractivity contribution in [2.45, 2.75) is 105 Å². The van der Waals surface area contributed by atoms with Crippen LogP contribution < -0.4 is 10.1 Å². The molecular weight excluding hydrogens is 923 g/mol. The first-order chi connectivity index (χ1) is 34.3. The van der Waals surface area contributed by atoms with Gasteiger partial charge >= 0.3 is 6.09 Å². The van der Waals surface area contributed by atoms with E-state index in [9.17, 15) is 34.5 Å². The molecule has 19 heteroatoms. The molecule has 5 saturated heterocycles. The number of carbonyl (C=O) groups excluding carboxylic acids is 4. The van der Waals surface area contributed by atoms with Crippen molar-refractivity contribution in [2.75, 3.05) is 47.6 Å². The van der Waals surface area contributed by atoms with Gasteiger partial charge in [-0.25, -0.2) is 4.79 Å². The highest BCUT2D eigenvalue weighted by atomic mass is 16.7. The summed E-state index contributed by atoms with van der Waals surface area (Å²) in [5.41, 5.74) is 0.108. The average molecular weight is 976 g/mol. The lowest BCUT2D eigenvalue weighted by molar-refractivity contribution is -0.256. The molecule has 0 radical (unpaired) electrons. The molecule has 0 unspecified atom stereocenters. The smallest absolute Gasteiger partial charge is 0.410 e. The minimum absolute atomic E-state index is 0.0274. The molecule has 0 bridgehead atoms. The quantitative estimate of drug-likeness (QED) is 0.163. The van der Waals surface area contributed by atoms with Gasteiger partial charge in [0, 0.05) is 73.8 Å². The number of amides is 2. The van der Waals surface area contributed by atoms with E-state index in [0.717, 1.165) is 22.3 Å². The van der Waals surface area contributed by atoms with Crippen LogP contribution in [0.5, 0.6) is 17.2 Å². The van der Waals surface area contributed by atoms with Crippen LogP contribution in [0.3, 0.4) is 0 Å². The SMILES string of the molecule is COc1cccc2c1C(=O)c1c(O)c3c(c(O)c1C2=O)C[C@@](O)(C(=O)N[C@H]1CO[C@H]2[C@@H]1OC[C@@H]2N(C)C(=O)OC1c2ccccc2-c2ccccc21)C[C@@H]3O[C@H]1C[C@H]2[C@H](O[C@@H]3[C@@H](OC)OCCN32)[C@H](C)O1. The van der Waals surface area contributed by atoms with E-state index in [1.807, 2.05) is 55.5 Å². The van der Waals surface area contributed by atoms with E-state index < -0.39 is 126 Å². The third kappa shape index (κ3) is 7.11. The fraction of sp³-hybridized carbons (Fsp3) is 0.462. The van der Waals surface area contributed by atoms with Crippen molar-refractivity contribution in [1.82, 2.24) is 15.1 Å². The summed E-state index contributed by atoms with van der Waals surface area (Å²) < 4.78 is 54.9. The van der Waals surface area contributed by atoms with E-state index in [0.29, 0.717) is 13.2 Å². The highest BCUT2D eigenvalue weighted by molar-refractivity contribution is 6.31. The predicted molar refractivity (Wildman–Crippen MR) is 245 cm³/mol. The number of nitrogens with one attached hydrogen (secondary N) is 1. The summed E-state index contributed by atoms with van der Waals surface area (Å²) in [4.78, 5) is 60.8. The van der Waals surface area contributed by atoms with Crippen LogP contribution in [0.2, 0.25) is 0 Å². The van der Waals surface area contributed by atoms with Crippen molar-refractivity contribution in [3.05, 3.63) is 111 Å². The largest absolute Gasteiger partial charge is 0.507 e. The van der Waals surface area contributed by atoms with Crippen molar-refractivity contribution in [2.24, 2.45) is 0 Å². The Hall–Kier alpha value is -6.00. The number of fused-ring (bicyclic) bond motifs is 10. The summed E-state index contributed by atoms with van der Waals surface area (Å²) in [7, 11) is 4.51. The topological polar surface area (TPSA) is 231 Å². The molecule has 3 aliphatic carbocycles. The normalized spacial score (nSPS) is 32.4. The highest BCUT2D eigenvalue weighted by Gasteiger charge is 2.57. The molecule has 4 N–H and O–H groups in total. The molecule has 8 aliphatic rings. The van der Waals surface area contributed by atoms with E-state index in [-0.39, 0.29) is 59.8 Å². The van der Waals surface area contributed by atoms with Gasteiger partial charge in [0.2, 0.25) is 5.78 Å². The molecule has 5 fully saturated rings. The van der Waals surface area contributed by atoms with E-state index in [2.05, 4.69) is 10.2 Å². The van der Waals surface area contributed by atoms with Gasteiger partial charge in [0.05, 0.1) is 67.9 Å². The number of ketones is 2. The predicted octanol–water partition coefficient (Wildman–Crippen LogP) is 3.64. The summed E-state index contributed by atoms with van der Waals surface area (Å²) in [5, 5.41) is 40.0. The minimum atomic E-state index is -2.34. The van der Waals surface area contributed by atoms with Crippen molar-refractivity contribution >= 4 is 23.6 Å². The van der Waals surface area contributed by atoms with E-state index in [1.54, 1.807) is 14.2 Å². The Morgan fingerprint density at radius 1 is 0.831 bits per heavy atom. The summed E-state index contributed by atoms with van der Waals surface area (Å²) in [6.07, 6.45) is -7.85. The molecule has 0 aromatic heterocycles. The zero-order valence-corrected chi connectivity index (χ0v) is 39.3. The van der Waals surface area contributed by atoms with E-state index >= 15 is 0 Å². The Morgan fingerprint density at radius 3 is 2.27 bits per heavy atom. The maximum atomic E-state index is 14.7. The van der Waals surface area contributed by atoms with Gasteiger partial charge in [-0.05, 0) is 24.1 Å². The van der Waals surface area contributed by atoms with E-state index in [1.165, 1.54) is 30.2 Å². The second-order valence-electron chi connectivity index (χ2n) is 19.5. The second kappa shape index (κ2) is 17.3.